The summed E-state index contributed by atoms with van der Waals surface area (Å²) in [6, 6.07) is 14.8. The molecule has 1 aliphatic rings. The van der Waals surface area contributed by atoms with Crippen LogP contribution < -0.4 is 15.0 Å². The molecule has 1 heterocycles. The van der Waals surface area contributed by atoms with Crippen molar-refractivity contribution in [2.45, 2.75) is 13.0 Å². The molecule has 2 aromatic carbocycles. The van der Waals surface area contributed by atoms with Gasteiger partial charge in [-0.05, 0) is 37.3 Å². The zero-order valence-electron chi connectivity index (χ0n) is 14.1. The second-order valence-electron chi connectivity index (χ2n) is 5.82. The minimum atomic E-state index is -0.626. The largest absolute Gasteiger partial charge is 0.481 e. The summed E-state index contributed by atoms with van der Waals surface area (Å²) in [5, 5.41) is 3.51. The molecular formula is C19H21ClN2O3. The summed E-state index contributed by atoms with van der Waals surface area (Å²) in [5.74, 6) is 0.435. The number of hydrogen-bond acceptors (Lipinski definition) is 4. The molecular weight excluding hydrogens is 340 g/mol. The predicted octanol–water partition coefficient (Wildman–Crippen LogP) is 3.58. The smallest absolute Gasteiger partial charge is 0.265 e. The van der Waals surface area contributed by atoms with E-state index >= 15 is 0 Å². The van der Waals surface area contributed by atoms with Crippen LogP contribution in [-0.4, -0.2) is 38.3 Å². The van der Waals surface area contributed by atoms with E-state index in [2.05, 4.69) is 10.2 Å². The molecule has 0 bridgehead atoms. The average molecular weight is 361 g/mol. The number of nitrogens with one attached hydrogen (secondary N) is 1. The molecule has 132 valence electrons. The van der Waals surface area contributed by atoms with E-state index in [4.69, 9.17) is 21.1 Å². The number of benzene rings is 2. The van der Waals surface area contributed by atoms with Crippen LogP contribution in [0.1, 0.15) is 6.92 Å². The fourth-order valence-electron chi connectivity index (χ4n) is 2.68. The summed E-state index contributed by atoms with van der Waals surface area (Å²) in [4.78, 5) is 14.7. The number of para-hydroxylation sites is 1. The van der Waals surface area contributed by atoms with E-state index in [1.165, 1.54) is 0 Å². The van der Waals surface area contributed by atoms with Gasteiger partial charge in [-0.15, -0.1) is 0 Å². The molecule has 1 unspecified atom stereocenters. The van der Waals surface area contributed by atoms with E-state index in [0.29, 0.717) is 29.7 Å². The second kappa shape index (κ2) is 8.23. The first-order valence-corrected chi connectivity index (χ1v) is 8.66. The van der Waals surface area contributed by atoms with Gasteiger partial charge in [0.05, 0.1) is 24.6 Å². The third-order valence-corrected chi connectivity index (χ3v) is 4.23. The number of nitrogens with zero attached hydrogens (tertiary/aromatic N) is 1. The summed E-state index contributed by atoms with van der Waals surface area (Å²) in [7, 11) is 0. The first-order chi connectivity index (χ1) is 12.1. The van der Waals surface area contributed by atoms with Crippen LogP contribution in [0.4, 0.5) is 11.4 Å². The Bertz CT molecular complexity index is 718. The highest BCUT2D eigenvalue weighted by Crippen LogP contribution is 2.30. The van der Waals surface area contributed by atoms with Crippen molar-refractivity contribution < 1.29 is 14.3 Å². The van der Waals surface area contributed by atoms with Gasteiger partial charge in [0, 0.05) is 18.1 Å². The van der Waals surface area contributed by atoms with Crippen molar-refractivity contribution in [3.05, 3.63) is 53.6 Å². The van der Waals surface area contributed by atoms with Crippen molar-refractivity contribution in [1.82, 2.24) is 0 Å². The molecule has 1 aliphatic heterocycles. The Morgan fingerprint density at radius 3 is 2.64 bits per heavy atom. The van der Waals surface area contributed by atoms with Crippen LogP contribution in [0.15, 0.2) is 48.5 Å². The standard InChI is InChI=1S/C19H21ClN2O3/c1-14(25-16-5-3-2-4-6-16)19(23)21-17-13-15(20)7-8-18(17)22-9-11-24-12-10-22/h2-8,13-14H,9-12H2,1H3,(H,21,23). The lowest BCUT2D eigenvalue weighted by atomic mass is 10.2. The highest BCUT2D eigenvalue weighted by Gasteiger charge is 2.20. The van der Waals surface area contributed by atoms with Gasteiger partial charge in [-0.25, -0.2) is 0 Å². The quantitative estimate of drug-likeness (QED) is 0.885. The third-order valence-electron chi connectivity index (χ3n) is 3.99. The fraction of sp³-hybridized carbons (Fsp3) is 0.316. The highest BCUT2D eigenvalue weighted by atomic mass is 35.5. The minimum Gasteiger partial charge on any atom is -0.481 e. The Labute approximate surface area is 152 Å². The van der Waals surface area contributed by atoms with Gasteiger partial charge < -0.3 is 19.7 Å². The van der Waals surface area contributed by atoms with Gasteiger partial charge >= 0.3 is 0 Å². The summed E-state index contributed by atoms with van der Waals surface area (Å²) in [6.07, 6.45) is -0.626. The number of carbonyl (C=O) groups excluding carboxylic acids is 1. The number of amides is 1. The predicted molar refractivity (Wildman–Crippen MR) is 99.6 cm³/mol. The van der Waals surface area contributed by atoms with Gasteiger partial charge in [0.1, 0.15) is 5.75 Å². The van der Waals surface area contributed by atoms with Crippen molar-refractivity contribution in [3.63, 3.8) is 0 Å². The Morgan fingerprint density at radius 2 is 1.92 bits per heavy atom. The molecule has 0 aromatic heterocycles. The van der Waals surface area contributed by atoms with Crippen LogP contribution >= 0.6 is 11.6 Å². The van der Waals surface area contributed by atoms with E-state index in [0.717, 1.165) is 18.8 Å². The Kier molecular flexibility index (Phi) is 5.79. The Balaban J connectivity index is 1.72. The van der Waals surface area contributed by atoms with Gasteiger partial charge in [0.2, 0.25) is 0 Å². The molecule has 0 saturated carbocycles. The van der Waals surface area contributed by atoms with Crippen molar-refractivity contribution in [1.29, 1.82) is 0 Å². The normalized spacial score (nSPS) is 15.5. The maximum atomic E-state index is 12.5. The highest BCUT2D eigenvalue weighted by molar-refractivity contribution is 6.31. The molecule has 0 spiro atoms. The van der Waals surface area contributed by atoms with Crippen LogP contribution in [0.5, 0.6) is 5.75 Å². The van der Waals surface area contributed by atoms with E-state index in [1.807, 2.05) is 42.5 Å². The summed E-state index contributed by atoms with van der Waals surface area (Å²) < 4.78 is 11.1. The van der Waals surface area contributed by atoms with Crippen LogP contribution in [0, 0.1) is 0 Å². The molecule has 0 aliphatic carbocycles. The zero-order valence-corrected chi connectivity index (χ0v) is 14.8. The average Bonchev–Trinajstić information content (AvgIpc) is 2.63. The SMILES string of the molecule is CC(Oc1ccccc1)C(=O)Nc1cc(Cl)ccc1N1CCOCC1. The monoisotopic (exact) mass is 360 g/mol. The lowest BCUT2D eigenvalue weighted by Crippen LogP contribution is -2.37. The molecule has 6 heteroatoms. The van der Waals surface area contributed by atoms with E-state index < -0.39 is 6.10 Å². The van der Waals surface area contributed by atoms with Crippen molar-refractivity contribution in [2.75, 3.05) is 36.5 Å². The molecule has 1 N–H and O–H groups in total. The molecule has 5 nitrogen and oxygen atoms in total. The molecule has 1 atom stereocenters. The number of rotatable bonds is 5. The first kappa shape index (κ1) is 17.6. The topological polar surface area (TPSA) is 50.8 Å². The van der Waals surface area contributed by atoms with E-state index in [1.54, 1.807) is 13.0 Å². The number of carbonyl (C=O) groups is 1. The van der Waals surface area contributed by atoms with Gasteiger partial charge in [0.15, 0.2) is 6.10 Å². The lowest BCUT2D eigenvalue weighted by Gasteiger charge is -2.30. The number of ether oxygens (including phenoxy) is 2. The third kappa shape index (κ3) is 4.65. The second-order valence-corrected chi connectivity index (χ2v) is 6.26. The number of hydrogen-bond donors (Lipinski definition) is 1. The summed E-state index contributed by atoms with van der Waals surface area (Å²) in [5.41, 5.74) is 1.62. The van der Waals surface area contributed by atoms with Gasteiger partial charge in [-0.2, -0.15) is 0 Å². The summed E-state index contributed by atoms with van der Waals surface area (Å²) >= 11 is 6.12. The fourth-order valence-corrected chi connectivity index (χ4v) is 2.85. The van der Waals surface area contributed by atoms with E-state index in [-0.39, 0.29) is 5.91 Å². The van der Waals surface area contributed by atoms with Crippen LogP contribution in [0.2, 0.25) is 5.02 Å². The first-order valence-electron chi connectivity index (χ1n) is 8.28. The summed E-state index contributed by atoms with van der Waals surface area (Å²) in [6.45, 7) is 4.62. The van der Waals surface area contributed by atoms with Crippen molar-refractivity contribution in [3.8, 4) is 5.75 Å². The molecule has 2 aromatic rings. The molecule has 1 saturated heterocycles. The van der Waals surface area contributed by atoms with E-state index in [9.17, 15) is 4.79 Å². The molecule has 25 heavy (non-hydrogen) atoms. The number of morpholine rings is 1. The number of anilines is 2. The Hall–Kier alpha value is -2.24. The van der Waals surface area contributed by atoms with Crippen LogP contribution in [-0.2, 0) is 9.53 Å². The maximum Gasteiger partial charge on any atom is 0.265 e. The van der Waals surface area contributed by atoms with Crippen LogP contribution in [0.25, 0.3) is 0 Å². The van der Waals surface area contributed by atoms with Crippen molar-refractivity contribution >= 4 is 28.9 Å². The minimum absolute atomic E-state index is 0.222. The maximum absolute atomic E-state index is 12.5. The van der Waals surface area contributed by atoms with Gasteiger partial charge in [0.25, 0.3) is 5.91 Å². The van der Waals surface area contributed by atoms with Gasteiger partial charge in [-0.1, -0.05) is 29.8 Å². The molecule has 0 radical (unpaired) electrons. The molecule has 3 rings (SSSR count). The molecule has 1 amide bonds. The lowest BCUT2D eigenvalue weighted by molar-refractivity contribution is -0.122. The molecule has 1 fully saturated rings. The number of halogens is 1. The van der Waals surface area contributed by atoms with Crippen LogP contribution in [0.3, 0.4) is 0 Å². The zero-order chi connectivity index (χ0) is 17.6. The van der Waals surface area contributed by atoms with Crippen molar-refractivity contribution in [2.24, 2.45) is 0 Å². The Morgan fingerprint density at radius 1 is 1.20 bits per heavy atom. The van der Waals surface area contributed by atoms with Gasteiger partial charge in [-0.3, -0.25) is 4.79 Å².